The lowest BCUT2D eigenvalue weighted by Crippen LogP contribution is -2.30. The van der Waals surface area contributed by atoms with Gasteiger partial charge in [0.05, 0.1) is 26.4 Å². The zero-order chi connectivity index (χ0) is 73.0. The van der Waals surface area contributed by atoms with Gasteiger partial charge in [-0.3, -0.25) is 37.3 Å². The van der Waals surface area contributed by atoms with E-state index in [1.165, 1.54) is 225 Å². The molecule has 99 heavy (non-hydrogen) atoms. The molecule has 5 atom stereocenters. The number of phosphoric ester groups is 2. The summed E-state index contributed by atoms with van der Waals surface area (Å²) in [7, 11) is -9.92. The third kappa shape index (κ3) is 74.1. The van der Waals surface area contributed by atoms with Crippen LogP contribution in [0.3, 0.4) is 0 Å². The molecule has 0 rings (SSSR count). The van der Waals surface area contributed by atoms with Crippen LogP contribution >= 0.6 is 15.6 Å². The van der Waals surface area contributed by atoms with Gasteiger partial charge in [-0.15, -0.1) is 0 Å². The Morgan fingerprint density at radius 3 is 0.687 bits per heavy atom. The molecule has 0 aliphatic rings. The quantitative estimate of drug-likeness (QED) is 0.0222. The van der Waals surface area contributed by atoms with Gasteiger partial charge in [-0.1, -0.05) is 363 Å². The zero-order valence-corrected chi connectivity index (χ0v) is 66.8. The number of aliphatic hydroxyl groups excluding tert-OH is 1. The van der Waals surface area contributed by atoms with Crippen molar-refractivity contribution in [3.05, 3.63) is 0 Å². The van der Waals surface area contributed by atoms with E-state index in [0.717, 1.165) is 108 Å². The lowest BCUT2D eigenvalue weighted by atomic mass is 10.0. The van der Waals surface area contributed by atoms with Crippen LogP contribution in [0, 0.1) is 17.8 Å². The van der Waals surface area contributed by atoms with Crippen molar-refractivity contribution in [1.82, 2.24) is 0 Å². The first-order chi connectivity index (χ1) is 47.7. The number of esters is 4. The van der Waals surface area contributed by atoms with Crippen molar-refractivity contribution in [2.24, 2.45) is 17.8 Å². The number of aliphatic hydroxyl groups is 1. The Hall–Kier alpha value is -1.94. The van der Waals surface area contributed by atoms with Crippen molar-refractivity contribution >= 4 is 39.5 Å². The topological polar surface area (TPSA) is 237 Å². The molecule has 0 aromatic heterocycles. The number of rotatable bonds is 78. The standard InChI is InChI=1S/C80H156O17P2/c1-8-9-10-11-12-13-14-18-25-33-40-47-54-61-77(82)90-68-76(97-80(85)64-57-50-43-36-29-28-32-39-46-53-60-73(6)7)70-95-99(88,89)93-66-74(81)65-92-98(86,87)94-69-75(67-91-78(83)62-55-48-41-34-26-22-21-24-31-38-45-52-59-72(4)5)96-79(84)63-56-49-42-35-27-20-17-15-16-19-23-30-37-44-51-58-71(2)3/h71-76,81H,8-70H2,1-7H3,(H,86,87)(H,88,89)/t74-,75-,76-/m1/s1. The lowest BCUT2D eigenvalue weighted by molar-refractivity contribution is -0.161. The summed E-state index contributed by atoms with van der Waals surface area (Å²) in [4.78, 5) is 73.0. The van der Waals surface area contributed by atoms with Gasteiger partial charge in [-0.05, 0) is 43.4 Å². The summed E-state index contributed by atoms with van der Waals surface area (Å²) in [6.07, 6.45) is 58.1. The van der Waals surface area contributed by atoms with Crippen molar-refractivity contribution in [3.63, 3.8) is 0 Å². The van der Waals surface area contributed by atoms with E-state index in [2.05, 4.69) is 48.5 Å². The number of hydrogen-bond acceptors (Lipinski definition) is 15. The predicted molar refractivity (Wildman–Crippen MR) is 405 cm³/mol. The van der Waals surface area contributed by atoms with Crippen LogP contribution in [0.15, 0.2) is 0 Å². The van der Waals surface area contributed by atoms with Crippen LogP contribution in [-0.2, 0) is 65.4 Å². The average molecular weight is 1450 g/mol. The normalized spacial score (nSPS) is 14.0. The first-order valence-electron chi connectivity index (χ1n) is 41.3. The second-order valence-corrected chi connectivity index (χ2v) is 33.1. The number of carbonyl (C=O) groups excluding carboxylic acids is 4. The van der Waals surface area contributed by atoms with E-state index in [1.807, 2.05) is 0 Å². The number of carbonyl (C=O) groups is 4. The molecule has 0 aliphatic heterocycles. The zero-order valence-electron chi connectivity index (χ0n) is 65.0. The van der Waals surface area contributed by atoms with Crippen molar-refractivity contribution in [3.8, 4) is 0 Å². The minimum absolute atomic E-state index is 0.106. The molecule has 0 aromatic carbocycles. The maximum absolute atomic E-state index is 13.1. The summed E-state index contributed by atoms with van der Waals surface area (Å²) >= 11 is 0. The van der Waals surface area contributed by atoms with Crippen molar-refractivity contribution < 1.29 is 80.2 Å². The molecule has 0 fully saturated rings. The summed E-state index contributed by atoms with van der Waals surface area (Å²) in [5.74, 6) is 0.226. The van der Waals surface area contributed by atoms with E-state index in [-0.39, 0.29) is 25.7 Å². The largest absolute Gasteiger partial charge is 0.472 e. The van der Waals surface area contributed by atoms with Crippen molar-refractivity contribution in [1.29, 1.82) is 0 Å². The summed E-state index contributed by atoms with van der Waals surface area (Å²) in [5.41, 5.74) is 0. The van der Waals surface area contributed by atoms with Gasteiger partial charge in [0.1, 0.15) is 19.3 Å². The van der Waals surface area contributed by atoms with Crippen LogP contribution in [0.2, 0.25) is 0 Å². The number of unbranched alkanes of at least 4 members (excludes halogenated alkanes) is 46. The molecular weight excluding hydrogens is 1290 g/mol. The van der Waals surface area contributed by atoms with Gasteiger partial charge in [-0.25, -0.2) is 9.13 Å². The van der Waals surface area contributed by atoms with E-state index in [9.17, 15) is 43.2 Å². The molecule has 2 unspecified atom stereocenters. The molecule has 0 saturated heterocycles. The second kappa shape index (κ2) is 70.4. The van der Waals surface area contributed by atoms with E-state index >= 15 is 0 Å². The predicted octanol–water partition coefficient (Wildman–Crippen LogP) is 23.7. The minimum Gasteiger partial charge on any atom is -0.462 e. The van der Waals surface area contributed by atoms with Crippen LogP contribution in [-0.4, -0.2) is 96.7 Å². The Morgan fingerprint density at radius 1 is 0.273 bits per heavy atom. The highest BCUT2D eigenvalue weighted by Crippen LogP contribution is 2.45. The monoisotopic (exact) mass is 1450 g/mol. The summed E-state index contributed by atoms with van der Waals surface area (Å²) in [6, 6.07) is 0. The molecule has 0 aromatic rings. The molecule has 0 bridgehead atoms. The third-order valence-corrected chi connectivity index (χ3v) is 20.5. The van der Waals surface area contributed by atoms with E-state index in [1.54, 1.807) is 0 Å². The van der Waals surface area contributed by atoms with Gasteiger partial charge >= 0.3 is 39.5 Å². The molecule has 588 valence electrons. The maximum Gasteiger partial charge on any atom is 0.472 e. The molecule has 0 radical (unpaired) electrons. The molecular formula is C80H156O17P2. The van der Waals surface area contributed by atoms with Crippen LogP contribution in [0.25, 0.3) is 0 Å². The van der Waals surface area contributed by atoms with Gasteiger partial charge in [0.15, 0.2) is 12.2 Å². The van der Waals surface area contributed by atoms with Gasteiger partial charge in [0, 0.05) is 25.7 Å². The van der Waals surface area contributed by atoms with Gasteiger partial charge in [0.25, 0.3) is 0 Å². The van der Waals surface area contributed by atoms with Gasteiger partial charge in [-0.2, -0.15) is 0 Å². The maximum atomic E-state index is 13.1. The van der Waals surface area contributed by atoms with E-state index < -0.39 is 97.5 Å². The van der Waals surface area contributed by atoms with Crippen LogP contribution < -0.4 is 0 Å². The van der Waals surface area contributed by atoms with E-state index in [4.69, 9.17) is 37.0 Å². The highest BCUT2D eigenvalue weighted by atomic mass is 31.2. The van der Waals surface area contributed by atoms with Crippen molar-refractivity contribution in [2.45, 2.75) is 433 Å². The fourth-order valence-corrected chi connectivity index (χ4v) is 13.9. The van der Waals surface area contributed by atoms with Gasteiger partial charge in [0.2, 0.25) is 0 Å². The molecule has 17 nitrogen and oxygen atoms in total. The van der Waals surface area contributed by atoms with Crippen LogP contribution in [0.1, 0.15) is 414 Å². The highest BCUT2D eigenvalue weighted by Gasteiger charge is 2.30. The molecule has 0 amide bonds. The van der Waals surface area contributed by atoms with Crippen molar-refractivity contribution in [2.75, 3.05) is 39.6 Å². The average Bonchev–Trinajstić information content (AvgIpc) is 1.02. The first-order valence-corrected chi connectivity index (χ1v) is 44.3. The Kier molecular flexibility index (Phi) is 69.0. The Balaban J connectivity index is 5.26. The first kappa shape index (κ1) is 97.1. The van der Waals surface area contributed by atoms with E-state index in [0.29, 0.717) is 25.7 Å². The molecule has 19 heteroatoms. The number of ether oxygens (including phenoxy) is 4. The lowest BCUT2D eigenvalue weighted by Gasteiger charge is -2.21. The third-order valence-electron chi connectivity index (χ3n) is 18.6. The molecule has 0 spiro atoms. The fourth-order valence-electron chi connectivity index (χ4n) is 12.3. The Bertz CT molecular complexity index is 1920. The number of phosphoric acid groups is 2. The van der Waals surface area contributed by atoms with Gasteiger partial charge < -0.3 is 33.8 Å². The minimum atomic E-state index is -4.96. The number of hydrogen-bond donors (Lipinski definition) is 3. The molecule has 3 N–H and O–H groups in total. The SMILES string of the molecule is CCCCCCCCCCCCCCCC(=O)OC[C@H](COP(=O)(O)OC[C@H](O)COP(=O)(O)OC[C@@H](COC(=O)CCCCCCCCCCCCCCC(C)C)OC(=O)CCCCCCCCCCCCCCCCCC(C)C)OC(=O)CCCCCCCCCCCCC(C)C. The summed E-state index contributed by atoms with van der Waals surface area (Å²) < 4.78 is 68.7. The second-order valence-electron chi connectivity index (χ2n) is 30.2. The summed E-state index contributed by atoms with van der Waals surface area (Å²) in [5, 5.41) is 10.6. The molecule has 0 heterocycles. The summed E-state index contributed by atoms with van der Waals surface area (Å²) in [6.45, 7) is 12.0. The molecule has 0 aliphatic carbocycles. The fraction of sp³-hybridized carbons (Fsp3) is 0.950. The molecule has 0 saturated carbocycles. The smallest absolute Gasteiger partial charge is 0.462 e. The highest BCUT2D eigenvalue weighted by molar-refractivity contribution is 7.47. The van der Waals surface area contributed by atoms with Crippen LogP contribution in [0.4, 0.5) is 0 Å². The van der Waals surface area contributed by atoms with Crippen LogP contribution in [0.5, 0.6) is 0 Å². The Morgan fingerprint density at radius 2 is 0.465 bits per heavy atom. The Labute approximate surface area is 607 Å².